The van der Waals surface area contributed by atoms with Crippen LogP contribution in [0.4, 0.5) is 5.69 Å². The second-order valence-corrected chi connectivity index (χ2v) is 12.3. The van der Waals surface area contributed by atoms with Gasteiger partial charge in [0.05, 0.1) is 17.7 Å². The first kappa shape index (κ1) is 32.9. The van der Waals surface area contributed by atoms with Crippen molar-refractivity contribution in [3.8, 4) is 5.69 Å². The lowest BCUT2D eigenvalue weighted by Crippen LogP contribution is -2.36. The standard InChI is InChI=1S/C37H42ClN5O3/c1-4-6-19-41(20-7-5-2)37(46)33-22-26(3)43(40-33)34-17-16-30(39-35(44)23-28-13-10-11-15-32(28)38)24-31(34)36(45)42-21-18-27-12-8-9-14-29(27)25-42/h8-17,22,24H,4-7,18-21,23,25H2,1-3H3,(H,39,44). The predicted molar refractivity (Wildman–Crippen MR) is 183 cm³/mol. The average Bonchev–Trinajstić information content (AvgIpc) is 3.46. The molecule has 0 spiro atoms. The summed E-state index contributed by atoms with van der Waals surface area (Å²) < 4.78 is 1.67. The molecular weight excluding hydrogens is 598 g/mol. The second kappa shape index (κ2) is 15.2. The predicted octanol–water partition coefficient (Wildman–Crippen LogP) is 7.26. The molecule has 240 valence electrons. The lowest BCUT2D eigenvalue weighted by molar-refractivity contribution is -0.115. The highest BCUT2D eigenvalue weighted by Crippen LogP contribution is 2.27. The number of benzene rings is 3. The Morgan fingerprint density at radius 1 is 0.913 bits per heavy atom. The van der Waals surface area contributed by atoms with Crippen LogP contribution in [0.3, 0.4) is 0 Å². The van der Waals surface area contributed by atoms with E-state index in [1.807, 2.05) is 47.1 Å². The van der Waals surface area contributed by atoms with Crippen molar-refractivity contribution in [1.82, 2.24) is 19.6 Å². The molecule has 0 unspecified atom stereocenters. The third-order valence-corrected chi connectivity index (χ3v) is 8.79. The number of anilines is 1. The van der Waals surface area contributed by atoms with Crippen LogP contribution in [0, 0.1) is 6.92 Å². The molecule has 0 saturated heterocycles. The van der Waals surface area contributed by atoms with E-state index in [4.69, 9.17) is 16.7 Å². The minimum absolute atomic E-state index is 0.101. The number of aromatic nitrogens is 2. The third-order valence-electron chi connectivity index (χ3n) is 8.42. The Bertz CT molecular complexity index is 1710. The quantitative estimate of drug-likeness (QED) is 0.177. The van der Waals surface area contributed by atoms with Gasteiger partial charge in [-0.15, -0.1) is 0 Å². The highest BCUT2D eigenvalue weighted by Gasteiger charge is 2.27. The molecule has 2 heterocycles. The van der Waals surface area contributed by atoms with Crippen molar-refractivity contribution in [3.05, 3.63) is 111 Å². The Balaban J connectivity index is 1.47. The van der Waals surface area contributed by atoms with Crippen LogP contribution in [0.1, 0.15) is 82.8 Å². The molecule has 3 aromatic carbocycles. The molecule has 9 heteroatoms. The third kappa shape index (κ3) is 7.68. The highest BCUT2D eigenvalue weighted by molar-refractivity contribution is 6.31. The maximum Gasteiger partial charge on any atom is 0.274 e. The van der Waals surface area contributed by atoms with E-state index in [9.17, 15) is 14.4 Å². The average molecular weight is 640 g/mol. The Labute approximate surface area is 276 Å². The molecule has 1 aliphatic heterocycles. The number of nitrogens with one attached hydrogen (secondary N) is 1. The topological polar surface area (TPSA) is 87.5 Å². The van der Waals surface area contributed by atoms with Gasteiger partial charge in [0, 0.05) is 42.6 Å². The van der Waals surface area contributed by atoms with Gasteiger partial charge in [-0.3, -0.25) is 14.4 Å². The van der Waals surface area contributed by atoms with Gasteiger partial charge in [0.1, 0.15) is 0 Å². The molecular formula is C37H42ClN5O3. The van der Waals surface area contributed by atoms with Gasteiger partial charge in [0.25, 0.3) is 11.8 Å². The number of carbonyl (C=O) groups excluding carboxylic acids is 3. The second-order valence-electron chi connectivity index (χ2n) is 11.9. The number of fused-ring (bicyclic) bond motifs is 1. The van der Waals surface area contributed by atoms with Crippen LogP contribution in [0.2, 0.25) is 5.02 Å². The van der Waals surface area contributed by atoms with E-state index in [2.05, 4.69) is 31.3 Å². The fourth-order valence-corrected chi connectivity index (χ4v) is 6.03. The Hall–Kier alpha value is -4.43. The van der Waals surface area contributed by atoms with Gasteiger partial charge in [-0.25, -0.2) is 4.68 Å². The molecule has 1 aromatic heterocycles. The van der Waals surface area contributed by atoms with Gasteiger partial charge in [-0.05, 0) is 73.2 Å². The van der Waals surface area contributed by atoms with Crippen molar-refractivity contribution >= 4 is 35.0 Å². The normalized spacial score (nSPS) is 12.5. The van der Waals surface area contributed by atoms with E-state index in [0.717, 1.165) is 48.9 Å². The van der Waals surface area contributed by atoms with Crippen LogP contribution in [0.5, 0.6) is 0 Å². The molecule has 4 aromatic rings. The molecule has 8 nitrogen and oxygen atoms in total. The number of hydrogen-bond donors (Lipinski definition) is 1. The van der Waals surface area contributed by atoms with E-state index in [1.165, 1.54) is 5.56 Å². The summed E-state index contributed by atoms with van der Waals surface area (Å²) in [5.41, 5.74) is 5.62. The van der Waals surface area contributed by atoms with Crippen LogP contribution >= 0.6 is 11.6 Å². The number of unbranched alkanes of at least 4 members (excludes halogenated alkanes) is 2. The Morgan fingerprint density at radius 3 is 2.33 bits per heavy atom. The van der Waals surface area contributed by atoms with Gasteiger partial charge in [-0.1, -0.05) is 80.8 Å². The summed E-state index contributed by atoms with van der Waals surface area (Å²) in [5, 5.41) is 8.22. The summed E-state index contributed by atoms with van der Waals surface area (Å²) >= 11 is 6.29. The molecule has 0 fully saturated rings. The number of nitrogens with zero attached hydrogens (tertiary/aromatic N) is 4. The van der Waals surface area contributed by atoms with Crippen LogP contribution in [-0.4, -0.2) is 56.9 Å². The van der Waals surface area contributed by atoms with E-state index >= 15 is 0 Å². The first-order valence-corrected chi connectivity index (χ1v) is 16.6. The monoisotopic (exact) mass is 639 g/mol. The highest BCUT2D eigenvalue weighted by atomic mass is 35.5. The van der Waals surface area contributed by atoms with Gasteiger partial charge in [0.2, 0.25) is 5.91 Å². The Kier molecular flexibility index (Phi) is 10.9. The maximum absolute atomic E-state index is 14.3. The van der Waals surface area contributed by atoms with Crippen LogP contribution in [0.15, 0.2) is 72.8 Å². The van der Waals surface area contributed by atoms with E-state index in [1.54, 1.807) is 35.0 Å². The lowest BCUT2D eigenvalue weighted by Gasteiger charge is -2.29. The summed E-state index contributed by atoms with van der Waals surface area (Å²) in [6, 6.07) is 22.5. The molecule has 1 N–H and O–H groups in total. The fraction of sp³-hybridized carbons (Fsp3) is 0.351. The molecule has 0 aliphatic carbocycles. The minimum Gasteiger partial charge on any atom is -0.337 e. The number of rotatable bonds is 12. The zero-order valence-corrected chi connectivity index (χ0v) is 27.6. The van der Waals surface area contributed by atoms with Gasteiger partial charge in [-0.2, -0.15) is 5.10 Å². The van der Waals surface area contributed by atoms with Crippen molar-refractivity contribution < 1.29 is 14.4 Å². The maximum atomic E-state index is 14.3. The SMILES string of the molecule is CCCCN(CCCC)C(=O)c1cc(C)n(-c2ccc(NC(=O)Cc3ccccc3Cl)cc2C(=O)N2CCc3ccccc3C2)n1. The van der Waals surface area contributed by atoms with Gasteiger partial charge >= 0.3 is 0 Å². The van der Waals surface area contributed by atoms with Crippen molar-refractivity contribution in [2.75, 3.05) is 25.0 Å². The van der Waals surface area contributed by atoms with Crippen molar-refractivity contribution in [2.24, 2.45) is 0 Å². The number of hydrogen-bond acceptors (Lipinski definition) is 4. The minimum atomic E-state index is -0.242. The Morgan fingerprint density at radius 2 is 1.61 bits per heavy atom. The van der Waals surface area contributed by atoms with Gasteiger partial charge in [0.15, 0.2) is 5.69 Å². The van der Waals surface area contributed by atoms with Crippen LogP contribution in [0.25, 0.3) is 5.69 Å². The fourth-order valence-electron chi connectivity index (χ4n) is 5.83. The zero-order chi connectivity index (χ0) is 32.6. The molecule has 0 saturated carbocycles. The number of amides is 3. The van der Waals surface area contributed by atoms with E-state index < -0.39 is 0 Å². The van der Waals surface area contributed by atoms with Crippen LogP contribution < -0.4 is 5.32 Å². The number of carbonyl (C=O) groups is 3. The summed E-state index contributed by atoms with van der Waals surface area (Å²) in [6.07, 6.45) is 4.71. The summed E-state index contributed by atoms with van der Waals surface area (Å²) in [7, 11) is 0. The molecule has 5 rings (SSSR count). The molecule has 0 atom stereocenters. The molecule has 3 amide bonds. The lowest BCUT2D eigenvalue weighted by atomic mass is 9.99. The molecule has 46 heavy (non-hydrogen) atoms. The number of halogens is 1. The molecule has 0 radical (unpaired) electrons. The largest absolute Gasteiger partial charge is 0.337 e. The first-order valence-electron chi connectivity index (χ1n) is 16.2. The summed E-state index contributed by atoms with van der Waals surface area (Å²) in [6.45, 7) is 8.55. The molecule has 1 aliphatic rings. The summed E-state index contributed by atoms with van der Waals surface area (Å²) in [4.78, 5) is 44.6. The van der Waals surface area contributed by atoms with E-state index in [0.29, 0.717) is 53.8 Å². The first-order chi connectivity index (χ1) is 22.3. The summed E-state index contributed by atoms with van der Waals surface area (Å²) in [5.74, 6) is -0.511. The van der Waals surface area contributed by atoms with Crippen molar-refractivity contribution in [1.29, 1.82) is 0 Å². The number of aryl methyl sites for hydroxylation is 1. The van der Waals surface area contributed by atoms with Crippen molar-refractivity contribution in [3.63, 3.8) is 0 Å². The van der Waals surface area contributed by atoms with Crippen LogP contribution in [-0.2, 0) is 24.2 Å². The van der Waals surface area contributed by atoms with E-state index in [-0.39, 0.29) is 24.1 Å². The zero-order valence-electron chi connectivity index (χ0n) is 26.9. The van der Waals surface area contributed by atoms with Crippen molar-refractivity contribution in [2.45, 2.75) is 65.8 Å². The smallest absolute Gasteiger partial charge is 0.274 e. The molecule has 0 bridgehead atoms. The van der Waals surface area contributed by atoms with Gasteiger partial charge < -0.3 is 15.1 Å².